The van der Waals surface area contributed by atoms with E-state index in [0.29, 0.717) is 17.8 Å². The van der Waals surface area contributed by atoms with Crippen LogP contribution in [0.1, 0.15) is 156 Å². The average Bonchev–Trinajstić information content (AvgIpc) is 3.12. The fraction of sp³-hybridized carbons (Fsp3) is 0.628. The lowest BCUT2D eigenvalue weighted by atomic mass is 9.67. The van der Waals surface area contributed by atoms with E-state index in [0.717, 1.165) is 81.1 Å². The molecular formula is C43H71NO5. The molecule has 6 nitrogen and oxygen atoms in total. The van der Waals surface area contributed by atoms with Crippen molar-refractivity contribution in [2.75, 3.05) is 19.8 Å². The van der Waals surface area contributed by atoms with Crippen LogP contribution < -0.4 is 4.74 Å². The topological polar surface area (TPSA) is 93.5 Å². The van der Waals surface area contributed by atoms with Crippen molar-refractivity contribution in [1.82, 2.24) is 0 Å². The summed E-state index contributed by atoms with van der Waals surface area (Å²) in [5.74, 6) is 2.20. The van der Waals surface area contributed by atoms with Gasteiger partial charge in [-0.25, -0.2) is 0 Å². The molecule has 1 heterocycles. The summed E-state index contributed by atoms with van der Waals surface area (Å²) in [4.78, 5) is 28.9. The van der Waals surface area contributed by atoms with Crippen LogP contribution in [0.25, 0.3) is 0 Å². The van der Waals surface area contributed by atoms with E-state index in [1.807, 2.05) is 45.6 Å². The Balaban J connectivity index is -0.000000675. The molecule has 2 aromatic rings. The Bertz CT molecular complexity index is 1120. The number of rotatable bonds is 15. The highest BCUT2D eigenvalue weighted by molar-refractivity contribution is 5.90. The minimum absolute atomic E-state index is 0.223. The molecular weight excluding hydrogens is 610 g/mol. The Morgan fingerprint density at radius 2 is 1.43 bits per heavy atom. The van der Waals surface area contributed by atoms with E-state index in [1.54, 1.807) is 0 Å². The first-order valence-corrected chi connectivity index (χ1v) is 18.5. The lowest BCUT2D eigenvalue weighted by Crippen LogP contribution is -2.43. The van der Waals surface area contributed by atoms with Crippen molar-refractivity contribution in [2.45, 2.75) is 151 Å². The number of hydrogen-bond acceptors (Lipinski definition) is 6. The first kappa shape index (κ1) is 50.1. The zero-order valence-electron chi connectivity index (χ0n) is 33.2. The molecule has 0 N–H and O–H groups in total. The van der Waals surface area contributed by atoms with E-state index in [9.17, 15) is 10.1 Å². The molecule has 0 aliphatic carbocycles. The smallest absolute Gasteiger partial charge is 0.143 e. The zero-order chi connectivity index (χ0) is 38.3. The van der Waals surface area contributed by atoms with Crippen molar-refractivity contribution < 1.29 is 23.9 Å². The maximum absolute atomic E-state index is 12.9. The molecule has 278 valence electrons. The third-order valence-electron chi connectivity index (χ3n) is 8.47. The fourth-order valence-corrected chi connectivity index (χ4v) is 5.42. The predicted molar refractivity (Wildman–Crippen MR) is 208 cm³/mol. The second-order valence-electron chi connectivity index (χ2n) is 12.8. The lowest BCUT2D eigenvalue weighted by molar-refractivity contribution is -0.125. The van der Waals surface area contributed by atoms with E-state index in [2.05, 4.69) is 92.6 Å². The Morgan fingerprint density at radius 1 is 0.898 bits per heavy atom. The normalized spacial score (nSPS) is 12.1. The van der Waals surface area contributed by atoms with E-state index in [1.165, 1.54) is 24.8 Å². The van der Waals surface area contributed by atoms with Crippen molar-refractivity contribution in [1.29, 1.82) is 5.26 Å². The molecule has 0 aromatic heterocycles. The number of Topliss-reactive ketones (excluding diaryl/α,β-unsaturated/α-hetero) is 1. The van der Waals surface area contributed by atoms with E-state index in [4.69, 9.17) is 19.1 Å². The van der Waals surface area contributed by atoms with E-state index in [-0.39, 0.29) is 5.41 Å². The molecule has 0 atom stereocenters. The standard InChI is InChI=1S/C19H27NO.C15H22O2.C5H12.C2H6.2CH2O/c1-5-8-18(21)19(11-6-2,12-7-3)17-13-16(14-20)10-9-15(17)4;1-3-4-5-10-17-14-8-6-13(7-9-14)15(2)11-16-12-15;1-4-5(2)3;3*1-2/h9-10,13H,5-8,11-12H2,1-4H3;6-9H,3-5,10-12H2,1-2H3;5H,4H2,1-3H3;1-2H3;2*1H2. The molecule has 1 fully saturated rings. The molecule has 0 saturated carbocycles. The van der Waals surface area contributed by atoms with E-state index >= 15 is 0 Å². The van der Waals surface area contributed by atoms with Gasteiger partial charge in [0.2, 0.25) is 0 Å². The van der Waals surface area contributed by atoms with Gasteiger partial charge in [-0.1, -0.05) is 120 Å². The molecule has 0 radical (unpaired) electrons. The van der Waals surface area contributed by atoms with Gasteiger partial charge in [-0.3, -0.25) is 4.79 Å². The average molecular weight is 682 g/mol. The molecule has 49 heavy (non-hydrogen) atoms. The molecule has 6 heteroatoms. The van der Waals surface area contributed by atoms with Crippen LogP contribution in [0.5, 0.6) is 5.75 Å². The van der Waals surface area contributed by atoms with Gasteiger partial charge in [-0.05, 0) is 79.5 Å². The molecule has 1 aliphatic heterocycles. The number of unbranched alkanes of at least 4 members (excludes halogenated alkanes) is 2. The Hall–Kier alpha value is -3.30. The number of benzene rings is 2. The summed E-state index contributed by atoms with van der Waals surface area (Å²) in [6.07, 6.45) is 10.1. The van der Waals surface area contributed by atoms with Crippen molar-refractivity contribution in [2.24, 2.45) is 5.92 Å². The molecule has 1 saturated heterocycles. The minimum atomic E-state index is -0.406. The van der Waals surface area contributed by atoms with Gasteiger partial charge in [0.25, 0.3) is 0 Å². The summed E-state index contributed by atoms with van der Waals surface area (Å²) in [5, 5.41) is 9.19. The van der Waals surface area contributed by atoms with Crippen LogP contribution >= 0.6 is 0 Å². The number of aryl methyl sites for hydroxylation is 1. The molecule has 2 aromatic carbocycles. The maximum Gasteiger partial charge on any atom is 0.143 e. The summed E-state index contributed by atoms with van der Waals surface area (Å²) in [7, 11) is 0. The van der Waals surface area contributed by atoms with Crippen LogP contribution in [0.2, 0.25) is 0 Å². The summed E-state index contributed by atoms with van der Waals surface area (Å²) < 4.78 is 11.0. The number of hydrogen-bond donors (Lipinski definition) is 0. The van der Waals surface area contributed by atoms with Gasteiger partial charge in [0.05, 0.1) is 36.9 Å². The molecule has 3 rings (SSSR count). The second-order valence-corrected chi connectivity index (χ2v) is 12.8. The first-order chi connectivity index (χ1) is 23.6. The van der Waals surface area contributed by atoms with Gasteiger partial charge in [-0.15, -0.1) is 0 Å². The zero-order valence-corrected chi connectivity index (χ0v) is 33.2. The summed E-state index contributed by atoms with van der Waals surface area (Å²) in [5.41, 5.74) is 4.02. The fourth-order valence-electron chi connectivity index (χ4n) is 5.42. The van der Waals surface area contributed by atoms with Crippen molar-refractivity contribution in [3.8, 4) is 11.8 Å². The highest BCUT2D eigenvalue weighted by Gasteiger charge is 2.38. The minimum Gasteiger partial charge on any atom is -0.494 e. The SMILES string of the molecule is C=O.C=O.CC.CCC(C)C.CCCC(=O)C(CCC)(CCC)c1cc(C#N)ccc1C.CCCCCOc1ccc(C2(C)COC2)cc1. The van der Waals surface area contributed by atoms with Crippen molar-refractivity contribution in [3.05, 3.63) is 64.7 Å². The monoisotopic (exact) mass is 682 g/mol. The van der Waals surface area contributed by atoms with Gasteiger partial charge >= 0.3 is 0 Å². The number of carbonyl (C=O) groups is 3. The highest BCUT2D eigenvalue weighted by atomic mass is 16.5. The van der Waals surface area contributed by atoms with Crippen molar-refractivity contribution >= 4 is 19.4 Å². The van der Waals surface area contributed by atoms with E-state index < -0.39 is 5.41 Å². The lowest BCUT2D eigenvalue weighted by Gasteiger charge is -2.38. The third kappa shape index (κ3) is 18.3. The van der Waals surface area contributed by atoms with Gasteiger partial charge in [0.1, 0.15) is 25.1 Å². The molecule has 0 unspecified atom stereocenters. The van der Waals surface area contributed by atoms with Crippen LogP contribution in [0, 0.1) is 24.2 Å². The Labute approximate surface area is 301 Å². The van der Waals surface area contributed by atoms with Crippen LogP contribution in [-0.4, -0.2) is 39.2 Å². The number of carbonyl (C=O) groups excluding carboxylic acids is 3. The van der Waals surface area contributed by atoms with Gasteiger partial charge in [0.15, 0.2) is 0 Å². The summed E-state index contributed by atoms with van der Waals surface area (Å²) in [6.45, 7) is 30.0. The van der Waals surface area contributed by atoms with Gasteiger partial charge in [0, 0.05) is 11.8 Å². The highest BCUT2D eigenvalue weighted by Crippen LogP contribution is 2.39. The Morgan fingerprint density at radius 3 is 1.82 bits per heavy atom. The largest absolute Gasteiger partial charge is 0.494 e. The predicted octanol–water partition coefficient (Wildman–Crippen LogP) is 11.3. The number of ether oxygens (including phenoxy) is 2. The molecule has 0 bridgehead atoms. The van der Waals surface area contributed by atoms with Gasteiger partial charge < -0.3 is 19.1 Å². The van der Waals surface area contributed by atoms with Crippen LogP contribution in [-0.2, 0) is 30.0 Å². The maximum atomic E-state index is 12.9. The Kier molecular flexibility index (Phi) is 31.4. The van der Waals surface area contributed by atoms with Crippen molar-refractivity contribution in [3.63, 3.8) is 0 Å². The second kappa shape index (κ2) is 30.7. The summed E-state index contributed by atoms with van der Waals surface area (Å²) >= 11 is 0. The van der Waals surface area contributed by atoms with Crippen LogP contribution in [0.15, 0.2) is 42.5 Å². The number of nitrogens with zero attached hydrogens (tertiary/aromatic N) is 1. The van der Waals surface area contributed by atoms with Gasteiger partial charge in [-0.2, -0.15) is 5.26 Å². The van der Waals surface area contributed by atoms with Crippen LogP contribution in [0.4, 0.5) is 0 Å². The molecule has 0 spiro atoms. The third-order valence-corrected chi connectivity index (χ3v) is 8.47. The van der Waals surface area contributed by atoms with Crippen LogP contribution in [0.3, 0.4) is 0 Å². The summed E-state index contributed by atoms with van der Waals surface area (Å²) in [6, 6.07) is 16.4. The first-order valence-electron chi connectivity index (χ1n) is 18.5. The molecule has 0 amide bonds. The number of nitriles is 1. The quantitative estimate of drug-likeness (QED) is 0.174. The number of ketones is 1. The molecule has 1 aliphatic rings.